The minimum atomic E-state index is 0.617. The van der Waals surface area contributed by atoms with Crippen molar-refractivity contribution >= 4 is 11.4 Å². The zero-order valence-corrected chi connectivity index (χ0v) is 9.25. The number of anilines is 2. The lowest BCUT2D eigenvalue weighted by molar-refractivity contribution is 0.211. The monoisotopic (exact) mass is 210 g/mol. The third kappa shape index (κ3) is 3.67. The van der Waals surface area contributed by atoms with Crippen molar-refractivity contribution in [3.05, 3.63) is 18.2 Å². The van der Waals surface area contributed by atoms with Crippen LogP contribution in [0.3, 0.4) is 0 Å². The van der Waals surface area contributed by atoms with Crippen molar-refractivity contribution in [1.29, 1.82) is 0 Å². The molecular weight excluding hydrogens is 192 g/mol. The molecule has 1 aromatic carbocycles. The minimum Gasteiger partial charge on any atom is -0.492 e. The third-order valence-electron chi connectivity index (χ3n) is 1.95. The Kier molecular flexibility index (Phi) is 4.77. The summed E-state index contributed by atoms with van der Waals surface area (Å²) in [5, 5.41) is 3.21. The van der Waals surface area contributed by atoms with Gasteiger partial charge in [-0.25, -0.2) is 0 Å². The maximum absolute atomic E-state index is 5.75. The molecule has 84 valence electrons. The number of benzene rings is 1. The molecule has 0 heterocycles. The molecule has 0 fully saturated rings. The smallest absolute Gasteiger partial charge is 0.144 e. The molecule has 15 heavy (non-hydrogen) atoms. The molecule has 1 rings (SSSR count). The first-order valence-electron chi connectivity index (χ1n) is 5.03. The molecule has 0 atom stereocenters. The van der Waals surface area contributed by atoms with Gasteiger partial charge in [0.25, 0.3) is 0 Å². The lowest BCUT2D eigenvalue weighted by Gasteiger charge is -2.10. The molecular formula is C11H18N2O2. The highest BCUT2D eigenvalue weighted by Crippen LogP contribution is 2.25. The van der Waals surface area contributed by atoms with Crippen LogP contribution in [0.4, 0.5) is 11.4 Å². The summed E-state index contributed by atoms with van der Waals surface area (Å²) in [6.45, 7) is 4.00. The quantitative estimate of drug-likeness (QED) is 0.554. The van der Waals surface area contributed by atoms with Crippen molar-refractivity contribution in [3.63, 3.8) is 0 Å². The Hall–Kier alpha value is -1.42. The van der Waals surface area contributed by atoms with Gasteiger partial charge < -0.3 is 20.5 Å². The largest absolute Gasteiger partial charge is 0.492 e. The van der Waals surface area contributed by atoms with Gasteiger partial charge in [0.1, 0.15) is 5.75 Å². The second-order valence-electron chi connectivity index (χ2n) is 3.11. The summed E-state index contributed by atoms with van der Waals surface area (Å²) in [6.07, 6.45) is 0. The summed E-state index contributed by atoms with van der Waals surface area (Å²) in [7, 11) is 1.68. The van der Waals surface area contributed by atoms with Crippen molar-refractivity contribution in [2.24, 2.45) is 0 Å². The fraction of sp³-hybridized carbons (Fsp3) is 0.455. The van der Waals surface area contributed by atoms with E-state index in [1.165, 1.54) is 0 Å². The minimum absolute atomic E-state index is 0.617. The third-order valence-corrected chi connectivity index (χ3v) is 1.95. The lowest BCUT2D eigenvalue weighted by atomic mass is 10.2. The normalized spacial score (nSPS) is 10.0. The van der Waals surface area contributed by atoms with Crippen LogP contribution >= 0.6 is 0 Å². The van der Waals surface area contributed by atoms with Crippen molar-refractivity contribution in [1.82, 2.24) is 0 Å². The van der Waals surface area contributed by atoms with Gasteiger partial charge in [-0.1, -0.05) is 0 Å². The van der Waals surface area contributed by atoms with E-state index >= 15 is 0 Å². The number of methoxy groups -OCH3 is 1. The maximum atomic E-state index is 5.75. The van der Waals surface area contributed by atoms with Crippen LogP contribution in [0.2, 0.25) is 0 Å². The Morgan fingerprint density at radius 1 is 1.40 bits per heavy atom. The standard InChI is InChI=1S/C11H18N2O2/c1-3-15-11-8-9(4-5-10(11)12)13-6-7-14-2/h4-5,8,13H,3,6-7,12H2,1-2H3. The number of nitrogens with two attached hydrogens (primary N) is 1. The van der Waals surface area contributed by atoms with Crippen LogP contribution in [0.5, 0.6) is 5.75 Å². The van der Waals surface area contributed by atoms with Gasteiger partial charge in [0.05, 0.1) is 18.9 Å². The summed E-state index contributed by atoms with van der Waals surface area (Å²) in [6, 6.07) is 5.65. The number of rotatable bonds is 6. The van der Waals surface area contributed by atoms with Crippen molar-refractivity contribution in [2.75, 3.05) is 37.9 Å². The molecule has 0 amide bonds. The van der Waals surface area contributed by atoms with E-state index in [0.717, 1.165) is 18.0 Å². The first-order valence-corrected chi connectivity index (χ1v) is 5.03. The highest BCUT2D eigenvalue weighted by Gasteiger charge is 2.00. The first-order chi connectivity index (χ1) is 7.27. The molecule has 4 heteroatoms. The van der Waals surface area contributed by atoms with Gasteiger partial charge in [-0.2, -0.15) is 0 Å². The van der Waals surface area contributed by atoms with Crippen LogP contribution in [0, 0.1) is 0 Å². The molecule has 0 saturated carbocycles. The molecule has 4 nitrogen and oxygen atoms in total. The number of nitrogens with one attached hydrogen (secondary N) is 1. The summed E-state index contributed by atoms with van der Waals surface area (Å²) in [5.41, 5.74) is 7.40. The predicted molar refractivity (Wildman–Crippen MR) is 62.4 cm³/mol. The van der Waals surface area contributed by atoms with Crippen LogP contribution in [0.1, 0.15) is 6.92 Å². The molecule has 1 aromatic rings. The SMILES string of the molecule is CCOc1cc(NCCOC)ccc1N. The van der Waals surface area contributed by atoms with Gasteiger partial charge >= 0.3 is 0 Å². The van der Waals surface area contributed by atoms with Crippen LogP contribution in [0.25, 0.3) is 0 Å². The summed E-state index contributed by atoms with van der Waals surface area (Å²) >= 11 is 0. The first kappa shape index (κ1) is 11.7. The Morgan fingerprint density at radius 3 is 2.87 bits per heavy atom. The predicted octanol–water partition coefficient (Wildman–Crippen LogP) is 1.73. The van der Waals surface area contributed by atoms with E-state index in [1.807, 2.05) is 25.1 Å². The van der Waals surface area contributed by atoms with E-state index in [-0.39, 0.29) is 0 Å². The lowest BCUT2D eigenvalue weighted by Crippen LogP contribution is -2.08. The summed E-state index contributed by atoms with van der Waals surface area (Å²) in [5.74, 6) is 0.722. The van der Waals surface area contributed by atoms with Gasteiger partial charge in [-0.3, -0.25) is 0 Å². The molecule has 0 saturated heterocycles. The topological polar surface area (TPSA) is 56.5 Å². The molecule has 0 radical (unpaired) electrons. The highest BCUT2D eigenvalue weighted by molar-refractivity contribution is 5.61. The van der Waals surface area contributed by atoms with Crippen molar-refractivity contribution in [2.45, 2.75) is 6.92 Å². The van der Waals surface area contributed by atoms with Crippen molar-refractivity contribution < 1.29 is 9.47 Å². The molecule has 0 aliphatic carbocycles. The summed E-state index contributed by atoms with van der Waals surface area (Å²) in [4.78, 5) is 0. The second-order valence-corrected chi connectivity index (χ2v) is 3.11. The van der Waals surface area contributed by atoms with E-state index in [4.69, 9.17) is 15.2 Å². The van der Waals surface area contributed by atoms with Gasteiger partial charge in [-0.05, 0) is 19.1 Å². The molecule has 0 unspecified atom stereocenters. The van der Waals surface area contributed by atoms with Crippen LogP contribution in [-0.2, 0) is 4.74 Å². The van der Waals surface area contributed by atoms with Crippen molar-refractivity contribution in [3.8, 4) is 5.75 Å². The Morgan fingerprint density at radius 2 is 2.20 bits per heavy atom. The molecule has 0 aliphatic rings. The molecule has 3 N–H and O–H groups in total. The van der Waals surface area contributed by atoms with E-state index < -0.39 is 0 Å². The van der Waals surface area contributed by atoms with Crippen LogP contribution < -0.4 is 15.8 Å². The van der Waals surface area contributed by atoms with Crippen LogP contribution in [-0.4, -0.2) is 26.9 Å². The van der Waals surface area contributed by atoms with Crippen LogP contribution in [0.15, 0.2) is 18.2 Å². The van der Waals surface area contributed by atoms with E-state index in [2.05, 4.69) is 5.32 Å². The van der Waals surface area contributed by atoms with E-state index in [9.17, 15) is 0 Å². The van der Waals surface area contributed by atoms with Gasteiger partial charge in [0, 0.05) is 25.4 Å². The average Bonchev–Trinajstić information content (AvgIpc) is 2.23. The highest BCUT2D eigenvalue weighted by atomic mass is 16.5. The zero-order valence-electron chi connectivity index (χ0n) is 9.25. The number of hydrogen-bond donors (Lipinski definition) is 2. The zero-order chi connectivity index (χ0) is 11.1. The van der Waals surface area contributed by atoms with Gasteiger partial charge in [-0.15, -0.1) is 0 Å². The fourth-order valence-electron chi connectivity index (χ4n) is 1.22. The fourth-order valence-corrected chi connectivity index (χ4v) is 1.22. The average molecular weight is 210 g/mol. The van der Waals surface area contributed by atoms with Gasteiger partial charge in [0.2, 0.25) is 0 Å². The molecule has 0 spiro atoms. The number of hydrogen-bond acceptors (Lipinski definition) is 4. The van der Waals surface area contributed by atoms with Gasteiger partial charge in [0.15, 0.2) is 0 Å². The Bertz CT molecular complexity index is 303. The second kappa shape index (κ2) is 6.14. The molecule has 0 bridgehead atoms. The molecule has 0 aliphatic heterocycles. The number of nitrogen functional groups attached to an aromatic ring is 1. The van der Waals surface area contributed by atoms with E-state index in [1.54, 1.807) is 7.11 Å². The Labute approximate surface area is 90.4 Å². The van der Waals surface area contributed by atoms with E-state index in [0.29, 0.717) is 18.9 Å². The summed E-state index contributed by atoms with van der Waals surface area (Å²) < 4.78 is 10.3. The molecule has 0 aromatic heterocycles. The number of ether oxygens (including phenoxy) is 2. The maximum Gasteiger partial charge on any atom is 0.144 e. The Balaban J connectivity index is 2.61.